The van der Waals surface area contributed by atoms with Gasteiger partial charge in [-0.05, 0) is 19.4 Å². The third-order valence-corrected chi connectivity index (χ3v) is 4.53. The van der Waals surface area contributed by atoms with Crippen molar-refractivity contribution in [1.82, 2.24) is 5.32 Å². The Labute approximate surface area is 173 Å². The average molecular weight is 411 g/mol. The molecule has 8 heteroatoms. The van der Waals surface area contributed by atoms with Crippen LogP contribution >= 0.6 is 11.3 Å². The van der Waals surface area contributed by atoms with Crippen LogP contribution in [-0.4, -0.2) is 30.9 Å². The van der Waals surface area contributed by atoms with E-state index < -0.39 is 18.5 Å². The zero-order valence-corrected chi connectivity index (χ0v) is 17.0. The molecule has 0 bridgehead atoms. The molecule has 0 atom stereocenters. The summed E-state index contributed by atoms with van der Waals surface area (Å²) in [6, 6.07) is 11.1. The first-order valence-corrected chi connectivity index (χ1v) is 9.74. The zero-order chi connectivity index (χ0) is 21.2. The molecule has 2 aromatic rings. The highest BCUT2D eigenvalue weighted by Gasteiger charge is 2.23. The Morgan fingerprint density at radius 2 is 1.93 bits per heavy atom. The number of allylic oxidation sites excluding steroid dienone is 1. The van der Waals surface area contributed by atoms with E-state index in [2.05, 4.69) is 10.6 Å². The van der Waals surface area contributed by atoms with Crippen molar-refractivity contribution in [1.29, 1.82) is 5.26 Å². The summed E-state index contributed by atoms with van der Waals surface area (Å²) in [6.07, 6.45) is 1.60. The van der Waals surface area contributed by atoms with Crippen molar-refractivity contribution in [2.75, 3.05) is 18.5 Å². The van der Waals surface area contributed by atoms with Crippen molar-refractivity contribution in [2.24, 2.45) is 0 Å². The molecule has 0 aliphatic heterocycles. The second kappa shape index (κ2) is 10.8. The normalized spacial score (nSPS) is 9.83. The van der Waals surface area contributed by atoms with Crippen molar-refractivity contribution in [3.8, 4) is 17.2 Å². The Hall–Kier alpha value is -3.44. The largest absolute Gasteiger partial charge is 0.452 e. The topological polar surface area (TPSA) is 108 Å². The number of nitrogens with one attached hydrogen (secondary N) is 2. The van der Waals surface area contributed by atoms with E-state index in [9.17, 15) is 14.4 Å². The molecule has 2 amide bonds. The Morgan fingerprint density at radius 1 is 1.21 bits per heavy atom. The van der Waals surface area contributed by atoms with Gasteiger partial charge in [-0.2, -0.15) is 5.26 Å². The molecular weight excluding hydrogens is 390 g/mol. The lowest BCUT2D eigenvalue weighted by molar-refractivity contribution is -0.124. The van der Waals surface area contributed by atoms with Crippen LogP contribution in [0.25, 0.3) is 11.1 Å². The van der Waals surface area contributed by atoms with Crippen LogP contribution in [0, 0.1) is 11.3 Å². The molecule has 1 aromatic heterocycles. The Kier molecular flexibility index (Phi) is 8.12. The number of ether oxygens (including phenoxy) is 1. The lowest BCUT2D eigenvalue weighted by atomic mass is 10.0. The van der Waals surface area contributed by atoms with Gasteiger partial charge in [-0.15, -0.1) is 11.3 Å². The number of carbonyl (C=O) groups is 3. The fourth-order valence-corrected chi connectivity index (χ4v) is 3.37. The summed E-state index contributed by atoms with van der Waals surface area (Å²) in [5.41, 5.74) is 2.41. The second-order valence-corrected chi connectivity index (χ2v) is 7.14. The minimum atomic E-state index is -0.715. The lowest BCUT2D eigenvalue weighted by Gasteiger charge is -2.09. The zero-order valence-electron chi connectivity index (χ0n) is 16.2. The molecule has 0 saturated carbocycles. The van der Waals surface area contributed by atoms with E-state index in [1.165, 1.54) is 17.4 Å². The number of amides is 2. The number of thiophene rings is 1. The van der Waals surface area contributed by atoms with Crippen LogP contribution in [0.4, 0.5) is 5.00 Å². The van der Waals surface area contributed by atoms with E-state index in [1.54, 1.807) is 19.2 Å². The first kappa shape index (κ1) is 21.9. The molecule has 0 saturated heterocycles. The van der Waals surface area contributed by atoms with Gasteiger partial charge in [0.2, 0.25) is 5.91 Å². The van der Waals surface area contributed by atoms with E-state index in [4.69, 9.17) is 10.00 Å². The van der Waals surface area contributed by atoms with Crippen molar-refractivity contribution >= 4 is 34.1 Å². The fourth-order valence-electron chi connectivity index (χ4n) is 2.41. The third-order valence-electron chi connectivity index (χ3n) is 3.63. The van der Waals surface area contributed by atoms with Crippen LogP contribution in [0.2, 0.25) is 0 Å². The van der Waals surface area contributed by atoms with Gasteiger partial charge in [-0.25, -0.2) is 4.79 Å². The smallest absolute Gasteiger partial charge is 0.342 e. The van der Waals surface area contributed by atoms with E-state index >= 15 is 0 Å². The molecule has 7 nitrogen and oxygen atoms in total. The van der Waals surface area contributed by atoms with Gasteiger partial charge in [0.05, 0.1) is 12.5 Å². The van der Waals surface area contributed by atoms with Gasteiger partial charge < -0.3 is 15.4 Å². The fraction of sp³-hybridized carbons (Fsp3) is 0.238. The summed E-state index contributed by atoms with van der Waals surface area (Å²) in [7, 11) is 0. The van der Waals surface area contributed by atoms with Gasteiger partial charge >= 0.3 is 5.97 Å². The first-order chi connectivity index (χ1) is 13.9. The number of nitriles is 1. The van der Waals surface area contributed by atoms with Crippen LogP contribution in [0.5, 0.6) is 0 Å². The number of anilines is 1. The minimum absolute atomic E-state index is 0.170. The maximum atomic E-state index is 12.7. The minimum Gasteiger partial charge on any atom is -0.452 e. The summed E-state index contributed by atoms with van der Waals surface area (Å²) in [6.45, 7) is 3.30. The van der Waals surface area contributed by atoms with Crippen LogP contribution in [0.1, 0.15) is 30.6 Å². The molecule has 2 N–H and O–H groups in total. The maximum Gasteiger partial charge on any atom is 0.342 e. The molecule has 0 aliphatic carbocycles. The first-order valence-electron chi connectivity index (χ1n) is 8.86. The van der Waals surface area contributed by atoms with E-state index in [1.807, 2.05) is 36.4 Å². The second-order valence-electron chi connectivity index (χ2n) is 6.26. The molecular formula is C21H21N3O4S. The Bertz CT molecular complexity index is 954. The number of esters is 1. The summed E-state index contributed by atoms with van der Waals surface area (Å²) in [5.74, 6) is -1.57. The average Bonchev–Trinajstić information content (AvgIpc) is 3.09. The van der Waals surface area contributed by atoms with Crippen LogP contribution in [0.3, 0.4) is 0 Å². The standard InChI is InChI=1S/C21H21N3O4S/c1-14(2)11-17(25)24-20-19(16(13-29-20)15-7-4-3-5-8-15)21(27)28-12-18(26)23-10-6-9-22/h3-5,7-8,11,13H,6,10,12H2,1-2H3,(H,23,26)(H,24,25). The molecule has 2 rings (SSSR count). The van der Waals surface area contributed by atoms with Crippen molar-refractivity contribution < 1.29 is 19.1 Å². The Morgan fingerprint density at radius 3 is 2.59 bits per heavy atom. The highest BCUT2D eigenvalue weighted by atomic mass is 32.1. The van der Waals surface area contributed by atoms with Gasteiger partial charge in [0.15, 0.2) is 6.61 Å². The number of carbonyl (C=O) groups excluding carboxylic acids is 3. The monoisotopic (exact) mass is 411 g/mol. The maximum absolute atomic E-state index is 12.7. The molecule has 0 unspecified atom stereocenters. The van der Waals surface area contributed by atoms with Crippen LogP contribution in [0.15, 0.2) is 47.4 Å². The van der Waals surface area contributed by atoms with Gasteiger partial charge in [0.25, 0.3) is 5.91 Å². The number of benzene rings is 1. The van der Waals surface area contributed by atoms with Crippen molar-refractivity contribution in [3.63, 3.8) is 0 Å². The summed E-state index contributed by atoms with van der Waals surface area (Å²) in [4.78, 5) is 36.6. The molecule has 1 aromatic carbocycles. The van der Waals surface area contributed by atoms with Gasteiger partial charge in [-0.1, -0.05) is 35.9 Å². The summed E-state index contributed by atoms with van der Waals surface area (Å²) in [5, 5.41) is 15.8. The summed E-state index contributed by atoms with van der Waals surface area (Å²) >= 11 is 1.21. The lowest BCUT2D eigenvalue weighted by Crippen LogP contribution is -2.29. The predicted octanol–water partition coefficient (Wildman–Crippen LogP) is 3.51. The van der Waals surface area contributed by atoms with Gasteiger partial charge in [-0.3, -0.25) is 9.59 Å². The molecule has 0 radical (unpaired) electrons. The third kappa shape index (κ3) is 6.59. The molecule has 29 heavy (non-hydrogen) atoms. The number of nitrogens with zero attached hydrogens (tertiary/aromatic N) is 1. The highest BCUT2D eigenvalue weighted by Crippen LogP contribution is 2.36. The van der Waals surface area contributed by atoms with E-state index in [-0.39, 0.29) is 24.4 Å². The number of hydrogen-bond acceptors (Lipinski definition) is 6. The van der Waals surface area contributed by atoms with Gasteiger partial charge in [0, 0.05) is 23.6 Å². The molecule has 0 fully saturated rings. The van der Waals surface area contributed by atoms with E-state index in [0.29, 0.717) is 10.6 Å². The van der Waals surface area contributed by atoms with Crippen LogP contribution in [-0.2, 0) is 14.3 Å². The number of rotatable bonds is 8. The van der Waals surface area contributed by atoms with Crippen molar-refractivity contribution in [3.05, 3.63) is 52.9 Å². The quantitative estimate of drug-likeness (QED) is 0.393. The van der Waals surface area contributed by atoms with Crippen molar-refractivity contribution in [2.45, 2.75) is 20.3 Å². The van der Waals surface area contributed by atoms with Crippen LogP contribution < -0.4 is 10.6 Å². The molecule has 0 aliphatic rings. The molecule has 1 heterocycles. The predicted molar refractivity (Wildman–Crippen MR) is 111 cm³/mol. The van der Waals surface area contributed by atoms with Gasteiger partial charge in [0.1, 0.15) is 10.6 Å². The molecule has 150 valence electrons. The SMILES string of the molecule is CC(C)=CC(=O)Nc1scc(-c2ccccc2)c1C(=O)OCC(=O)NCCC#N. The Balaban J connectivity index is 2.24. The highest BCUT2D eigenvalue weighted by molar-refractivity contribution is 7.15. The molecule has 0 spiro atoms. The number of hydrogen-bond donors (Lipinski definition) is 2. The summed E-state index contributed by atoms with van der Waals surface area (Å²) < 4.78 is 5.15. The van der Waals surface area contributed by atoms with E-state index in [0.717, 1.165) is 11.1 Å².